The molecule has 0 heterocycles. The van der Waals surface area contributed by atoms with Crippen LogP contribution in [0.1, 0.15) is 27.6 Å². The van der Waals surface area contributed by atoms with Crippen LogP contribution < -0.4 is 10.6 Å². The van der Waals surface area contributed by atoms with E-state index in [1.54, 1.807) is 49.4 Å². The van der Waals surface area contributed by atoms with E-state index in [4.69, 9.17) is 16.3 Å². The molecule has 2 amide bonds. The molecule has 0 aromatic heterocycles. The van der Waals surface area contributed by atoms with Gasteiger partial charge in [-0.15, -0.1) is 0 Å². The van der Waals surface area contributed by atoms with E-state index >= 15 is 0 Å². The number of benzene rings is 2. The Hall–Kier alpha value is -2.86. The molecular weight excluding hydrogens is 344 g/mol. The van der Waals surface area contributed by atoms with Crippen LogP contribution in [0.3, 0.4) is 0 Å². The molecule has 0 atom stereocenters. The van der Waals surface area contributed by atoms with Crippen LogP contribution in [0, 0.1) is 0 Å². The Morgan fingerprint density at radius 3 is 2.44 bits per heavy atom. The zero-order valence-electron chi connectivity index (χ0n) is 13.5. The van der Waals surface area contributed by atoms with Gasteiger partial charge in [-0.25, -0.2) is 4.79 Å². The average Bonchev–Trinajstić information content (AvgIpc) is 2.61. The second-order valence-electron chi connectivity index (χ2n) is 5.04. The van der Waals surface area contributed by atoms with Crippen molar-refractivity contribution >= 4 is 35.1 Å². The van der Waals surface area contributed by atoms with E-state index in [0.29, 0.717) is 21.8 Å². The second-order valence-corrected chi connectivity index (χ2v) is 5.48. The molecule has 25 heavy (non-hydrogen) atoms. The normalized spacial score (nSPS) is 10.0. The van der Waals surface area contributed by atoms with Gasteiger partial charge in [0, 0.05) is 16.3 Å². The molecule has 2 rings (SSSR count). The summed E-state index contributed by atoms with van der Waals surface area (Å²) in [5.41, 5.74) is 1.18. The molecule has 2 aromatic carbocycles. The summed E-state index contributed by atoms with van der Waals surface area (Å²) in [7, 11) is 0. The van der Waals surface area contributed by atoms with E-state index in [1.165, 1.54) is 6.07 Å². The van der Waals surface area contributed by atoms with Gasteiger partial charge in [0.25, 0.3) is 5.91 Å². The number of hydrogen-bond donors (Lipinski definition) is 2. The summed E-state index contributed by atoms with van der Waals surface area (Å²) in [6, 6.07) is 12.7. The minimum atomic E-state index is -0.463. The van der Waals surface area contributed by atoms with Gasteiger partial charge in [0.2, 0.25) is 5.91 Å². The molecule has 0 radical (unpaired) electrons. The lowest BCUT2D eigenvalue weighted by Gasteiger charge is -2.08. The third-order valence-electron chi connectivity index (χ3n) is 3.17. The molecule has 0 aliphatic heterocycles. The van der Waals surface area contributed by atoms with Crippen molar-refractivity contribution in [3.8, 4) is 0 Å². The molecule has 6 nitrogen and oxygen atoms in total. The van der Waals surface area contributed by atoms with Crippen molar-refractivity contribution in [1.29, 1.82) is 0 Å². The van der Waals surface area contributed by atoms with Gasteiger partial charge < -0.3 is 15.4 Å². The zero-order valence-corrected chi connectivity index (χ0v) is 14.3. The highest BCUT2D eigenvalue weighted by Crippen LogP contribution is 2.12. The molecule has 0 bridgehead atoms. The fraction of sp³-hybridized carbons (Fsp3) is 0.167. The Labute approximate surface area is 150 Å². The van der Waals surface area contributed by atoms with Gasteiger partial charge in [-0.3, -0.25) is 9.59 Å². The van der Waals surface area contributed by atoms with Crippen LogP contribution in [0.4, 0.5) is 5.69 Å². The number of nitrogens with one attached hydrogen (secondary N) is 2. The van der Waals surface area contributed by atoms with Crippen molar-refractivity contribution in [2.45, 2.75) is 6.92 Å². The first-order valence-corrected chi connectivity index (χ1v) is 7.98. The van der Waals surface area contributed by atoms with E-state index in [-0.39, 0.29) is 19.1 Å². The van der Waals surface area contributed by atoms with Gasteiger partial charge in [0.15, 0.2) is 0 Å². The quantitative estimate of drug-likeness (QED) is 0.776. The number of carbonyl (C=O) groups is 3. The first-order chi connectivity index (χ1) is 12.0. The lowest BCUT2D eigenvalue weighted by atomic mass is 10.2. The molecule has 0 aliphatic rings. The second kappa shape index (κ2) is 8.84. The Morgan fingerprint density at radius 1 is 1.04 bits per heavy atom. The lowest BCUT2D eigenvalue weighted by Crippen LogP contribution is -2.32. The molecule has 0 unspecified atom stereocenters. The number of halogens is 1. The predicted octanol–water partition coefficient (Wildman–Crippen LogP) is 2.89. The maximum absolute atomic E-state index is 11.9. The predicted molar refractivity (Wildman–Crippen MR) is 94.8 cm³/mol. The number of amides is 2. The fourth-order valence-corrected chi connectivity index (χ4v) is 2.13. The molecule has 0 aliphatic carbocycles. The Bertz CT molecular complexity index is 775. The minimum Gasteiger partial charge on any atom is -0.462 e. The number of esters is 1. The van der Waals surface area contributed by atoms with Gasteiger partial charge in [-0.2, -0.15) is 0 Å². The third-order valence-corrected chi connectivity index (χ3v) is 3.43. The SMILES string of the molecule is CCOC(=O)c1cccc(NC(=O)CNC(=O)c2ccc(Cl)cc2)c1. The number of carbonyl (C=O) groups excluding carboxylic acids is 3. The van der Waals surface area contributed by atoms with Crippen molar-refractivity contribution in [2.24, 2.45) is 0 Å². The highest BCUT2D eigenvalue weighted by molar-refractivity contribution is 6.30. The van der Waals surface area contributed by atoms with Gasteiger partial charge in [0.05, 0.1) is 18.7 Å². The third kappa shape index (κ3) is 5.61. The fourth-order valence-electron chi connectivity index (χ4n) is 2.01. The minimum absolute atomic E-state index is 0.203. The molecule has 0 fully saturated rings. The lowest BCUT2D eigenvalue weighted by molar-refractivity contribution is -0.115. The average molecular weight is 361 g/mol. The molecule has 0 saturated carbocycles. The summed E-state index contributed by atoms with van der Waals surface area (Å²) in [6.45, 7) is 1.78. The van der Waals surface area contributed by atoms with Gasteiger partial charge >= 0.3 is 5.97 Å². The topological polar surface area (TPSA) is 84.5 Å². The van der Waals surface area contributed by atoms with E-state index in [9.17, 15) is 14.4 Å². The molecule has 130 valence electrons. The number of rotatable bonds is 6. The maximum atomic E-state index is 11.9. The Kier molecular flexibility index (Phi) is 6.54. The highest BCUT2D eigenvalue weighted by atomic mass is 35.5. The number of anilines is 1. The Balaban J connectivity index is 1.90. The van der Waals surface area contributed by atoms with Gasteiger partial charge in [-0.05, 0) is 49.4 Å². The number of hydrogen-bond acceptors (Lipinski definition) is 4. The van der Waals surface area contributed by atoms with Crippen molar-refractivity contribution in [3.63, 3.8) is 0 Å². The monoisotopic (exact) mass is 360 g/mol. The Morgan fingerprint density at radius 2 is 1.76 bits per heavy atom. The van der Waals surface area contributed by atoms with Crippen molar-refractivity contribution in [2.75, 3.05) is 18.5 Å². The maximum Gasteiger partial charge on any atom is 0.338 e. The van der Waals surface area contributed by atoms with E-state index in [1.807, 2.05) is 0 Å². The smallest absolute Gasteiger partial charge is 0.338 e. The van der Waals surface area contributed by atoms with Crippen LogP contribution in [0.25, 0.3) is 0 Å². The first-order valence-electron chi connectivity index (χ1n) is 7.60. The standard InChI is InChI=1S/C18H17ClN2O4/c1-2-25-18(24)13-4-3-5-15(10-13)21-16(22)11-20-17(23)12-6-8-14(19)9-7-12/h3-10H,2,11H2,1H3,(H,20,23)(H,21,22). The molecule has 2 N–H and O–H groups in total. The molecular formula is C18H17ClN2O4. The van der Waals surface area contributed by atoms with Crippen molar-refractivity contribution in [1.82, 2.24) is 5.32 Å². The summed E-state index contributed by atoms with van der Waals surface area (Å²) in [5, 5.41) is 5.65. The highest BCUT2D eigenvalue weighted by Gasteiger charge is 2.10. The molecule has 2 aromatic rings. The molecule has 7 heteroatoms. The zero-order chi connectivity index (χ0) is 18.2. The van der Waals surface area contributed by atoms with Crippen LogP contribution in [0.5, 0.6) is 0 Å². The van der Waals surface area contributed by atoms with E-state index < -0.39 is 11.9 Å². The molecule has 0 spiro atoms. The first kappa shape index (κ1) is 18.5. The van der Waals surface area contributed by atoms with Crippen molar-refractivity contribution < 1.29 is 19.1 Å². The summed E-state index contributed by atoms with van der Waals surface area (Å²) in [5.74, 6) is -1.26. The van der Waals surface area contributed by atoms with E-state index in [0.717, 1.165) is 0 Å². The van der Waals surface area contributed by atoms with Gasteiger partial charge in [-0.1, -0.05) is 17.7 Å². The van der Waals surface area contributed by atoms with Crippen LogP contribution >= 0.6 is 11.6 Å². The van der Waals surface area contributed by atoms with Gasteiger partial charge in [0.1, 0.15) is 0 Å². The van der Waals surface area contributed by atoms with Crippen molar-refractivity contribution in [3.05, 3.63) is 64.7 Å². The molecule has 0 saturated heterocycles. The number of ether oxygens (including phenoxy) is 1. The summed E-state index contributed by atoms with van der Waals surface area (Å²) < 4.78 is 4.91. The summed E-state index contributed by atoms with van der Waals surface area (Å²) in [6.07, 6.45) is 0. The van der Waals surface area contributed by atoms with Crippen LogP contribution in [0.15, 0.2) is 48.5 Å². The largest absolute Gasteiger partial charge is 0.462 e. The van der Waals surface area contributed by atoms with Crippen LogP contribution in [-0.2, 0) is 9.53 Å². The van der Waals surface area contributed by atoms with E-state index in [2.05, 4.69) is 10.6 Å². The summed E-state index contributed by atoms with van der Waals surface area (Å²) in [4.78, 5) is 35.6. The van der Waals surface area contributed by atoms with Crippen LogP contribution in [0.2, 0.25) is 5.02 Å². The van der Waals surface area contributed by atoms with Crippen LogP contribution in [-0.4, -0.2) is 30.9 Å². The summed E-state index contributed by atoms with van der Waals surface area (Å²) >= 11 is 5.76.